The molecular formula is C21H21N7O3. The van der Waals surface area contributed by atoms with Crippen LogP contribution in [0, 0.1) is 40.4 Å². The number of fused-ring (bicyclic) bond motifs is 5. The molecule has 0 bridgehead atoms. The van der Waals surface area contributed by atoms with Crippen LogP contribution in [-0.4, -0.2) is 29.1 Å². The molecule has 3 aliphatic rings. The fourth-order valence-corrected chi connectivity index (χ4v) is 4.87. The van der Waals surface area contributed by atoms with Crippen LogP contribution in [0.15, 0.2) is 33.5 Å². The number of aryl methyl sites for hydroxylation is 1. The van der Waals surface area contributed by atoms with E-state index in [0.29, 0.717) is 22.7 Å². The lowest BCUT2D eigenvalue weighted by atomic mass is 9.83. The molecule has 0 radical (unpaired) electrons. The molecule has 1 aromatic carbocycles. The van der Waals surface area contributed by atoms with Gasteiger partial charge in [0.2, 0.25) is 11.3 Å². The number of amides is 1. The Bertz CT molecular complexity index is 1180. The topological polar surface area (TPSA) is 158 Å². The number of carbonyl (C=O) groups is 1. The summed E-state index contributed by atoms with van der Waals surface area (Å²) in [5.41, 5.74) is 3.56. The van der Waals surface area contributed by atoms with Crippen LogP contribution in [0.3, 0.4) is 0 Å². The number of anilines is 1. The molecule has 1 aromatic rings. The predicted octanol–water partition coefficient (Wildman–Crippen LogP) is 2.07. The molecule has 2 aliphatic heterocycles. The maximum Gasteiger partial charge on any atom is 0.422 e. The van der Waals surface area contributed by atoms with Gasteiger partial charge in [-0.1, -0.05) is 28.0 Å². The molecule has 158 valence electrons. The van der Waals surface area contributed by atoms with Crippen molar-refractivity contribution in [3.8, 4) is 12.1 Å². The van der Waals surface area contributed by atoms with Crippen molar-refractivity contribution in [2.75, 3.05) is 5.32 Å². The number of nitrogens with one attached hydrogen (secondary N) is 1. The highest BCUT2D eigenvalue weighted by Crippen LogP contribution is 2.87. The van der Waals surface area contributed by atoms with E-state index in [4.69, 9.17) is 15.4 Å². The highest BCUT2D eigenvalue weighted by Gasteiger charge is 3.07. The van der Waals surface area contributed by atoms with E-state index < -0.39 is 28.1 Å². The Hall–Kier alpha value is -3.92. The zero-order valence-corrected chi connectivity index (χ0v) is 17.8. The smallest absolute Gasteiger partial charge is 0.386 e. The summed E-state index contributed by atoms with van der Waals surface area (Å²) in [4.78, 5) is 29.0. The van der Waals surface area contributed by atoms with E-state index in [1.165, 1.54) is 0 Å². The Morgan fingerprint density at radius 1 is 1.13 bits per heavy atom. The number of nitrogens with zero attached hydrogens (tertiary/aromatic N) is 5. The van der Waals surface area contributed by atoms with E-state index in [1.54, 1.807) is 39.8 Å². The van der Waals surface area contributed by atoms with Crippen molar-refractivity contribution in [3.05, 3.63) is 29.3 Å². The van der Waals surface area contributed by atoms with Gasteiger partial charge in [0.1, 0.15) is 11.3 Å². The van der Waals surface area contributed by atoms with Crippen molar-refractivity contribution < 1.29 is 14.5 Å². The Morgan fingerprint density at radius 3 is 2.26 bits per heavy atom. The van der Waals surface area contributed by atoms with Crippen molar-refractivity contribution in [1.82, 2.24) is 0 Å². The van der Waals surface area contributed by atoms with Gasteiger partial charge >= 0.3 is 5.91 Å². The van der Waals surface area contributed by atoms with Crippen molar-refractivity contribution in [2.24, 2.45) is 31.9 Å². The van der Waals surface area contributed by atoms with E-state index in [-0.39, 0.29) is 5.84 Å². The molecule has 3 unspecified atom stereocenters. The summed E-state index contributed by atoms with van der Waals surface area (Å²) >= 11 is 0. The summed E-state index contributed by atoms with van der Waals surface area (Å²) in [6.45, 7) is 8.53. The monoisotopic (exact) mass is 419 g/mol. The molecule has 0 saturated heterocycles. The van der Waals surface area contributed by atoms with Gasteiger partial charge in [0.15, 0.2) is 5.41 Å². The van der Waals surface area contributed by atoms with E-state index in [0.717, 1.165) is 5.56 Å². The number of hydrogen-bond acceptors (Lipinski definition) is 9. The number of carbonyl (C=O) groups excluding carboxylic acids is 1. The maximum atomic E-state index is 13.5. The van der Waals surface area contributed by atoms with Gasteiger partial charge in [-0.25, -0.2) is 0 Å². The lowest BCUT2D eigenvalue weighted by Crippen LogP contribution is -2.47. The largest absolute Gasteiger partial charge is 0.422 e. The van der Waals surface area contributed by atoms with Crippen LogP contribution in [0.5, 0.6) is 0 Å². The minimum Gasteiger partial charge on any atom is -0.386 e. The quantitative estimate of drug-likeness (QED) is 0.432. The number of rotatable bonds is 4. The van der Waals surface area contributed by atoms with Gasteiger partial charge in [-0.3, -0.25) is 4.79 Å². The van der Waals surface area contributed by atoms with Crippen molar-refractivity contribution in [2.45, 2.75) is 45.9 Å². The summed E-state index contributed by atoms with van der Waals surface area (Å²) in [5.74, 6) is -3.03. The summed E-state index contributed by atoms with van der Waals surface area (Å²) in [6.07, 6.45) is 0. The summed E-state index contributed by atoms with van der Waals surface area (Å²) in [5, 5.41) is 31.5. The fraction of sp³-hybridized carbons (Fsp3) is 0.429. The number of amidine groups is 1. The fourth-order valence-electron chi connectivity index (χ4n) is 4.87. The van der Waals surface area contributed by atoms with Gasteiger partial charge < -0.3 is 20.7 Å². The number of aliphatic imine (C=N–C) groups is 1. The molecule has 1 fully saturated rings. The van der Waals surface area contributed by atoms with E-state index in [2.05, 4.69) is 32.8 Å². The number of nitrogens with two attached hydrogens (primary N) is 1. The molecule has 4 rings (SSSR count). The van der Waals surface area contributed by atoms with Gasteiger partial charge in [-0.05, 0) is 46.2 Å². The van der Waals surface area contributed by atoms with Crippen LogP contribution >= 0.6 is 0 Å². The molecule has 3 atom stereocenters. The summed E-state index contributed by atoms with van der Waals surface area (Å²) in [7, 11) is 0. The second kappa shape index (κ2) is 6.05. The molecule has 0 aromatic heterocycles. The van der Waals surface area contributed by atoms with Gasteiger partial charge in [0, 0.05) is 5.69 Å². The number of oxime groups is 2. The predicted molar refractivity (Wildman–Crippen MR) is 112 cm³/mol. The SMILES string of the molecule is CC(C)=NOC1(ON=C(C)C)N=C(N)C2(C#N)C3(C(=O)Nc4ccc(C)cc43)C12C#N. The third-order valence-corrected chi connectivity index (χ3v) is 5.96. The van der Waals surface area contributed by atoms with Crippen molar-refractivity contribution in [3.63, 3.8) is 0 Å². The van der Waals surface area contributed by atoms with Crippen LogP contribution in [0.25, 0.3) is 0 Å². The molecule has 10 heteroatoms. The van der Waals surface area contributed by atoms with Crippen LogP contribution in [0.1, 0.15) is 38.8 Å². The lowest BCUT2D eigenvalue weighted by Gasteiger charge is -2.29. The zero-order chi connectivity index (χ0) is 22.8. The van der Waals surface area contributed by atoms with Crippen LogP contribution in [0.4, 0.5) is 5.69 Å². The van der Waals surface area contributed by atoms with Gasteiger partial charge in [-0.15, -0.1) is 0 Å². The molecule has 1 amide bonds. The van der Waals surface area contributed by atoms with Crippen molar-refractivity contribution in [1.29, 1.82) is 10.5 Å². The molecule has 10 nitrogen and oxygen atoms in total. The Morgan fingerprint density at radius 2 is 1.74 bits per heavy atom. The minimum absolute atomic E-state index is 0.242. The molecule has 1 spiro atoms. The van der Waals surface area contributed by atoms with Gasteiger partial charge in [-0.2, -0.15) is 15.5 Å². The molecule has 1 saturated carbocycles. The third-order valence-electron chi connectivity index (χ3n) is 5.96. The summed E-state index contributed by atoms with van der Waals surface area (Å²) < 4.78 is 0. The van der Waals surface area contributed by atoms with E-state index in [1.807, 2.05) is 13.0 Å². The third kappa shape index (κ3) is 1.95. The number of benzene rings is 1. The van der Waals surface area contributed by atoms with Crippen LogP contribution < -0.4 is 11.1 Å². The zero-order valence-electron chi connectivity index (χ0n) is 17.8. The first kappa shape index (κ1) is 20.4. The lowest BCUT2D eigenvalue weighted by molar-refractivity contribution is -0.263. The second-order valence-electron chi connectivity index (χ2n) is 8.32. The Labute approximate surface area is 179 Å². The average Bonchev–Trinajstić information content (AvgIpc) is 3.08. The first-order chi connectivity index (χ1) is 14.6. The Balaban J connectivity index is 2.08. The summed E-state index contributed by atoms with van der Waals surface area (Å²) in [6, 6.07) is 9.54. The first-order valence-electron chi connectivity index (χ1n) is 9.60. The molecule has 2 heterocycles. The standard InChI is InChI=1S/C21H21N7O3/c1-11(2)27-30-21(31-28-12(3)4)19(10-23)18(9-22,16(24)26-21)20(19)14-8-13(5)6-7-15(14)25-17(20)29/h6-8H,1-5H3,(H2,24,26)(H,25,29). The number of hydrogen-bond donors (Lipinski definition) is 2. The molecule has 1 aliphatic carbocycles. The molecule has 31 heavy (non-hydrogen) atoms. The van der Waals surface area contributed by atoms with Gasteiger partial charge in [0.25, 0.3) is 0 Å². The van der Waals surface area contributed by atoms with E-state index >= 15 is 0 Å². The van der Waals surface area contributed by atoms with Gasteiger partial charge in [0.05, 0.1) is 23.6 Å². The van der Waals surface area contributed by atoms with Crippen molar-refractivity contribution >= 4 is 28.9 Å². The highest BCUT2D eigenvalue weighted by atomic mass is 16.8. The normalized spacial score (nSPS) is 30.7. The Kier molecular flexibility index (Phi) is 3.97. The second-order valence-corrected chi connectivity index (χ2v) is 8.32. The minimum atomic E-state index is -2.24. The number of nitriles is 2. The van der Waals surface area contributed by atoms with E-state index in [9.17, 15) is 15.3 Å². The van der Waals surface area contributed by atoms with Crippen LogP contribution in [-0.2, 0) is 19.9 Å². The average molecular weight is 419 g/mol. The highest BCUT2D eigenvalue weighted by molar-refractivity contribution is 6.20. The molecule has 3 N–H and O–H groups in total. The first-order valence-corrected chi connectivity index (χ1v) is 9.60. The molecular weight excluding hydrogens is 398 g/mol. The maximum absolute atomic E-state index is 13.5. The van der Waals surface area contributed by atoms with Crippen LogP contribution in [0.2, 0.25) is 0 Å².